The maximum absolute atomic E-state index is 9.13. The Balaban J connectivity index is 2.54. The van der Waals surface area contributed by atoms with E-state index in [0.717, 1.165) is 0 Å². The van der Waals surface area contributed by atoms with Crippen LogP contribution in [0.4, 0.5) is 0 Å². The largest absolute Gasteiger partial charge is 0.492 e. The van der Waals surface area contributed by atoms with Crippen LogP contribution in [0.1, 0.15) is 0 Å². The van der Waals surface area contributed by atoms with E-state index >= 15 is 0 Å². The number of nitrogens with zero attached hydrogens (tertiary/aromatic N) is 1. The van der Waals surface area contributed by atoms with Crippen molar-refractivity contribution in [2.24, 2.45) is 0 Å². The Morgan fingerprint density at radius 2 is 2.00 bits per heavy atom. The maximum Gasteiger partial charge on any atom is 0.492 e. The molecule has 0 aliphatic rings. The second-order valence-corrected chi connectivity index (χ2v) is 4.04. The molecule has 1 aromatic heterocycles. The second kappa shape index (κ2) is 4.47. The molecule has 16 heavy (non-hydrogen) atoms. The lowest BCUT2D eigenvalue weighted by atomic mass is 9.79. The first-order chi connectivity index (χ1) is 7.59. The molecular formula is C9H7BCl2N2O2. The number of nitrogens with one attached hydrogen (secondary N) is 1. The van der Waals surface area contributed by atoms with E-state index < -0.39 is 7.12 Å². The predicted octanol–water partition coefficient (Wildman–Crippen LogP) is 1.06. The number of hydrogen-bond acceptors (Lipinski definition) is 3. The van der Waals surface area contributed by atoms with Crippen molar-refractivity contribution in [3.8, 4) is 11.3 Å². The first-order valence-corrected chi connectivity index (χ1v) is 5.20. The van der Waals surface area contributed by atoms with Gasteiger partial charge in [0.2, 0.25) is 0 Å². The van der Waals surface area contributed by atoms with Crippen LogP contribution in [-0.2, 0) is 0 Å². The van der Waals surface area contributed by atoms with Crippen LogP contribution in [0.5, 0.6) is 0 Å². The van der Waals surface area contributed by atoms with E-state index in [4.69, 9.17) is 33.2 Å². The Labute approximate surface area is 102 Å². The van der Waals surface area contributed by atoms with Gasteiger partial charge < -0.3 is 10.0 Å². The average molecular weight is 257 g/mol. The summed E-state index contributed by atoms with van der Waals surface area (Å²) in [6.07, 6.45) is 1.34. The highest BCUT2D eigenvalue weighted by Crippen LogP contribution is 2.28. The third kappa shape index (κ3) is 2.08. The molecule has 0 atom stereocenters. The Hall–Kier alpha value is -1.01. The van der Waals surface area contributed by atoms with Gasteiger partial charge >= 0.3 is 7.12 Å². The van der Waals surface area contributed by atoms with Crippen molar-refractivity contribution in [3.05, 3.63) is 34.4 Å². The smallest absolute Gasteiger partial charge is 0.423 e. The summed E-state index contributed by atoms with van der Waals surface area (Å²) in [5.41, 5.74) is 1.35. The van der Waals surface area contributed by atoms with E-state index in [2.05, 4.69) is 10.2 Å². The lowest BCUT2D eigenvalue weighted by Gasteiger charge is -2.05. The minimum Gasteiger partial charge on any atom is -0.423 e. The van der Waals surface area contributed by atoms with Crippen molar-refractivity contribution in [2.75, 3.05) is 0 Å². The monoisotopic (exact) mass is 256 g/mol. The molecule has 7 heteroatoms. The highest BCUT2D eigenvalue weighted by Gasteiger charge is 2.20. The fourth-order valence-electron chi connectivity index (χ4n) is 1.40. The number of aromatic amines is 1. The molecule has 0 amide bonds. The van der Waals surface area contributed by atoms with E-state index in [1.807, 2.05) is 0 Å². The molecule has 4 nitrogen and oxygen atoms in total. The summed E-state index contributed by atoms with van der Waals surface area (Å²) in [4.78, 5) is 0. The summed E-state index contributed by atoms with van der Waals surface area (Å²) in [5, 5.41) is 25.6. The highest BCUT2D eigenvalue weighted by atomic mass is 35.5. The highest BCUT2D eigenvalue weighted by molar-refractivity contribution is 6.60. The number of H-pyrrole nitrogens is 1. The molecule has 0 aliphatic carbocycles. The molecule has 0 radical (unpaired) electrons. The topological polar surface area (TPSA) is 69.1 Å². The van der Waals surface area contributed by atoms with Crippen LogP contribution in [0.2, 0.25) is 10.0 Å². The van der Waals surface area contributed by atoms with Crippen LogP contribution in [0, 0.1) is 0 Å². The molecule has 82 valence electrons. The van der Waals surface area contributed by atoms with Gasteiger partial charge in [-0.1, -0.05) is 23.2 Å². The molecule has 0 saturated carbocycles. The zero-order valence-electron chi connectivity index (χ0n) is 7.98. The minimum atomic E-state index is -1.60. The van der Waals surface area contributed by atoms with Crippen molar-refractivity contribution < 1.29 is 10.0 Å². The molecule has 0 fully saturated rings. The van der Waals surface area contributed by atoms with Gasteiger partial charge in [-0.15, -0.1) is 0 Å². The molecule has 0 aliphatic heterocycles. The van der Waals surface area contributed by atoms with Crippen LogP contribution in [0.15, 0.2) is 24.4 Å². The summed E-state index contributed by atoms with van der Waals surface area (Å²) in [7, 11) is -1.60. The van der Waals surface area contributed by atoms with Crippen molar-refractivity contribution in [2.45, 2.75) is 0 Å². The molecule has 2 rings (SSSR count). The van der Waals surface area contributed by atoms with Gasteiger partial charge in [0.05, 0.1) is 10.7 Å². The fraction of sp³-hybridized carbons (Fsp3) is 0. The van der Waals surface area contributed by atoms with Gasteiger partial charge in [-0.05, 0) is 18.2 Å². The van der Waals surface area contributed by atoms with Crippen LogP contribution in [0.3, 0.4) is 0 Å². The van der Waals surface area contributed by atoms with Gasteiger partial charge in [0.1, 0.15) is 0 Å². The summed E-state index contributed by atoms with van der Waals surface area (Å²) in [6.45, 7) is 0. The summed E-state index contributed by atoms with van der Waals surface area (Å²) in [5.74, 6) is 0. The van der Waals surface area contributed by atoms with Gasteiger partial charge in [0.25, 0.3) is 0 Å². The zero-order chi connectivity index (χ0) is 11.7. The van der Waals surface area contributed by atoms with Crippen LogP contribution in [-0.4, -0.2) is 27.4 Å². The third-order valence-corrected chi connectivity index (χ3v) is 2.70. The predicted molar refractivity (Wildman–Crippen MR) is 63.9 cm³/mol. The fourth-order valence-corrected chi connectivity index (χ4v) is 1.90. The van der Waals surface area contributed by atoms with Crippen molar-refractivity contribution in [3.63, 3.8) is 0 Å². The first-order valence-electron chi connectivity index (χ1n) is 4.44. The first kappa shape index (κ1) is 11.5. The molecule has 0 spiro atoms. The maximum atomic E-state index is 9.13. The number of halogens is 2. The van der Waals surface area contributed by atoms with E-state index in [1.165, 1.54) is 6.20 Å². The van der Waals surface area contributed by atoms with Crippen molar-refractivity contribution >= 4 is 35.8 Å². The van der Waals surface area contributed by atoms with Gasteiger partial charge in [-0.2, -0.15) is 5.10 Å². The molecular weight excluding hydrogens is 250 g/mol. The van der Waals surface area contributed by atoms with E-state index in [0.29, 0.717) is 21.3 Å². The molecule has 1 heterocycles. The van der Waals surface area contributed by atoms with Gasteiger partial charge in [-0.25, -0.2) is 0 Å². The minimum absolute atomic E-state index is 0.268. The van der Waals surface area contributed by atoms with Crippen molar-refractivity contribution in [1.82, 2.24) is 10.2 Å². The van der Waals surface area contributed by atoms with E-state index in [1.54, 1.807) is 18.2 Å². The third-order valence-electron chi connectivity index (χ3n) is 2.15. The number of aromatic nitrogens is 2. The van der Waals surface area contributed by atoms with Gasteiger partial charge in [0.15, 0.2) is 0 Å². The Morgan fingerprint density at radius 3 is 2.62 bits per heavy atom. The Morgan fingerprint density at radius 1 is 1.25 bits per heavy atom. The second-order valence-electron chi connectivity index (χ2n) is 3.20. The molecule has 3 N–H and O–H groups in total. The van der Waals surface area contributed by atoms with Crippen LogP contribution in [0.25, 0.3) is 11.3 Å². The lowest BCUT2D eigenvalue weighted by molar-refractivity contribution is 0.426. The Kier molecular flexibility index (Phi) is 3.21. The van der Waals surface area contributed by atoms with Crippen molar-refractivity contribution in [1.29, 1.82) is 0 Å². The average Bonchev–Trinajstić information content (AvgIpc) is 2.66. The summed E-state index contributed by atoms with van der Waals surface area (Å²) in [6, 6.07) is 4.92. The van der Waals surface area contributed by atoms with E-state index in [-0.39, 0.29) is 5.46 Å². The number of benzene rings is 1. The molecule has 0 unspecified atom stereocenters. The normalized spacial score (nSPS) is 10.5. The standard InChI is InChI=1S/C9H7BCl2N2O2/c11-5-1-2-6(8(12)3-5)9-7(10(15)16)4-13-14-9/h1-4,15-16H,(H,13,14). The number of rotatable bonds is 2. The molecule has 1 aromatic carbocycles. The molecule has 0 saturated heterocycles. The molecule has 0 bridgehead atoms. The van der Waals surface area contributed by atoms with Gasteiger partial charge in [-0.3, -0.25) is 5.10 Å². The van der Waals surface area contributed by atoms with Crippen LogP contribution < -0.4 is 5.46 Å². The summed E-state index contributed by atoms with van der Waals surface area (Å²) >= 11 is 11.8. The Bertz CT molecular complexity index is 516. The van der Waals surface area contributed by atoms with E-state index in [9.17, 15) is 0 Å². The molecule has 2 aromatic rings. The zero-order valence-corrected chi connectivity index (χ0v) is 9.50. The SMILES string of the molecule is OB(O)c1cn[nH]c1-c1ccc(Cl)cc1Cl. The quantitative estimate of drug-likeness (QED) is 0.704. The summed E-state index contributed by atoms with van der Waals surface area (Å²) < 4.78 is 0. The lowest BCUT2D eigenvalue weighted by Crippen LogP contribution is -2.30. The van der Waals surface area contributed by atoms with Crippen LogP contribution >= 0.6 is 23.2 Å². The number of hydrogen-bond donors (Lipinski definition) is 3. The van der Waals surface area contributed by atoms with Gasteiger partial charge in [0, 0.05) is 22.2 Å².